The van der Waals surface area contributed by atoms with Gasteiger partial charge < -0.3 is 9.67 Å². The molecular formula is C29H33F3N6O2. The number of benzene rings is 1. The second-order valence-corrected chi connectivity index (χ2v) is 11.6. The molecule has 4 heterocycles. The summed E-state index contributed by atoms with van der Waals surface area (Å²) in [4.78, 5) is 15.8. The van der Waals surface area contributed by atoms with Crippen LogP contribution in [0.1, 0.15) is 67.5 Å². The van der Waals surface area contributed by atoms with E-state index < -0.39 is 28.9 Å². The van der Waals surface area contributed by atoms with Crippen LogP contribution in [0, 0.1) is 5.92 Å². The molecule has 11 heteroatoms. The van der Waals surface area contributed by atoms with Gasteiger partial charge in [0.05, 0.1) is 28.3 Å². The Morgan fingerprint density at radius 3 is 2.62 bits per heavy atom. The van der Waals surface area contributed by atoms with E-state index in [1.807, 2.05) is 6.07 Å². The molecule has 2 aliphatic rings. The topological polar surface area (TPSA) is 80.6 Å². The minimum absolute atomic E-state index is 0.193. The van der Waals surface area contributed by atoms with Crippen LogP contribution in [-0.4, -0.2) is 52.4 Å². The molecule has 1 saturated heterocycles. The fourth-order valence-electron chi connectivity index (χ4n) is 6.37. The van der Waals surface area contributed by atoms with Gasteiger partial charge in [0.25, 0.3) is 0 Å². The molecule has 0 spiro atoms. The molecule has 1 N–H and O–H groups in total. The van der Waals surface area contributed by atoms with Gasteiger partial charge in [0.1, 0.15) is 12.2 Å². The van der Waals surface area contributed by atoms with E-state index in [1.165, 1.54) is 23.0 Å². The van der Waals surface area contributed by atoms with Crippen LogP contribution in [0.25, 0.3) is 11.2 Å². The molecule has 0 amide bonds. The maximum atomic E-state index is 14.2. The van der Waals surface area contributed by atoms with E-state index in [0.29, 0.717) is 47.9 Å². The molecule has 3 aromatic heterocycles. The van der Waals surface area contributed by atoms with Gasteiger partial charge in [0.2, 0.25) is 0 Å². The van der Waals surface area contributed by atoms with Crippen molar-refractivity contribution in [1.82, 2.24) is 28.6 Å². The number of nitrogens with zero attached hydrogens (tertiary/aromatic N) is 6. The van der Waals surface area contributed by atoms with Crippen molar-refractivity contribution in [3.63, 3.8) is 0 Å². The number of aromatic nitrogens is 5. The Morgan fingerprint density at radius 2 is 1.98 bits per heavy atom. The summed E-state index contributed by atoms with van der Waals surface area (Å²) in [6, 6.07) is 8.20. The highest BCUT2D eigenvalue weighted by molar-refractivity contribution is 5.58. The van der Waals surface area contributed by atoms with Crippen molar-refractivity contribution in [2.75, 3.05) is 13.1 Å². The summed E-state index contributed by atoms with van der Waals surface area (Å²) in [7, 11) is 1.81. The van der Waals surface area contributed by atoms with Crippen molar-refractivity contribution in [2.24, 2.45) is 13.0 Å². The Hall–Kier alpha value is -3.44. The summed E-state index contributed by atoms with van der Waals surface area (Å²) >= 11 is 0. The largest absolute Gasteiger partial charge is 0.418 e. The fourth-order valence-corrected chi connectivity index (χ4v) is 6.37. The highest BCUT2D eigenvalue weighted by Gasteiger charge is 2.46. The van der Waals surface area contributed by atoms with Crippen molar-refractivity contribution in [3.8, 4) is 5.69 Å². The van der Waals surface area contributed by atoms with Gasteiger partial charge in [-0.25, -0.2) is 4.79 Å². The number of likely N-dealkylation sites (tertiary alicyclic amines) is 1. The number of alkyl halides is 3. The molecule has 2 atom stereocenters. The van der Waals surface area contributed by atoms with Gasteiger partial charge in [0.15, 0.2) is 0 Å². The van der Waals surface area contributed by atoms with Crippen molar-refractivity contribution in [2.45, 2.75) is 63.3 Å². The van der Waals surface area contributed by atoms with Crippen LogP contribution in [0.2, 0.25) is 0 Å². The predicted octanol–water partition coefficient (Wildman–Crippen LogP) is 4.52. The molecule has 212 valence electrons. The molecule has 0 radical (unpaired) electrons. The number of rotatable bonds is 6. The van der Waals surface area contributed by atoms with E-state index in [2.05, 4.69) is 22.0 Å². The number of aliphatic hydroxyl groups is 1. The third kappa shape index (κ3) is 4.75. The number of piperidine rings is 1. The number of halogens is 3. The maximum Gasteiger partial charge on any atom is 0.418 e. The molecule has 1 aliphatic carbocycles. The van der Waals surface area contributed by atoms with Crippen molar-refractivity contribution >= 4 is 5.52 Å². The molecule has 40 heavy (non-hydrogen) atoms. The van der Waals surface area contributed by atoms with E-state index in [0.717, 1.165) is 36.8 Å². The van der Waals surface area contributed by atoms with Gasteiger partial charge in [-0.15, -0.1) is 10.2 Å². The summed E-state index contributed by atoms with van der Waals surface area (Å²) in [5.41, 5.74) is -1.03. The zero-order chi connectivity index (χ0) is 28.2. The molecular weight excluding hydrogens is 521 g/mol. The van der Waals surface area contributed by atoms with Crippen LogP contribution < -0.4 is 5.69 Å². The van der Waals surface area contributed by atoms with Gasteiger partial charge in [-0.1, -0.05) is 19.1 Å². The number of imidazole rings is 1. The standard InChI is InChI=1S/C29H33F3N6O2/c1-19-6-4-11-36(14-19)15-20-12-23(29(30,31)32)24-17-37(27(39)38(24)16-20)22-8-3-7-21(13-22)25(28(40)9-5-10-28)26-34-33-18-35(26)2/h3,7-8,12-13,16-19,25,40H,4-6,9-11,14-15H2,1-2H3/t19-,25+/m0/s1. The zero-order valence-corrected chi connectivity index (χ0v) is 22.6. The van der Waals surface area contributed by atoms with E-state index in [-0.39, 0.29) is 5.52 Å². The smallest absolute Gasteiger partial charge is 0.389 e. The van der Waals surface area contributed by atoms with Crippen molar-refractivity contribution in [1.29, 1.82) is 0 Å². The normalized spacial score (nSPS) is 20.5. The Morgan fingerprint density at radius 1 is 1.18 bits per heavy atom. The molecule has 0 bridgehead atoms. The lowest BCUT2D eigenvalue weighted by molar-refractivity contribution is -0.136. The lowest BCUT2D eigenvalue weighted by Crippen LogP contribution is -2.44. The van der Waals surface area contributed by atoms with Crippen LogP contribution in [0.5, 0.6) is 0 Å². The third-order valence-electron chi connectivity index (χ3n) is 8.52. The molecule has 0 unspecified atom stereocenters. The van der Waals surface area contributed by atoms with Crippen LogP contribution in [0.15, 0.2) is 53.8 Å². The highest BCUT2D eigenvalue weighted by atomic mass is 19.4. The first-order valence-electron chi connectivity index (χ1n) is 13.8. The molecule has 1 saturated carbocycles. The van der Waals surface area contributed by atoms with Crippen LogP contribution in [0.4, 0.5) is 13.2 Å². The van der Waals surface area contributed by atoms with Crippen LogP contribution in [-0.2, 0) is 19.8 Å². The van der Waals surface area contributed by atoms with Crippen LogP contribution in [0.3, 0.4) is 0 Å². The average molecular weight is 555 g/mol. The first kappa shape index (κ1) is 26.8. The van der Waals surface area contributed by atoms with E-state index in [4.69, 9.17) is 0 Å². The Bertz CT molecular complexity index is 1600. The Kier molecular flexibility index (Phi) is 6.61. The van der Waals surface area contributed by atoms with Crippen molar-refractivity contribution in [3.05, 3.63) is 82.1 Å². The first-order valence-corrected chi connectivity index (χ1v) is 13.8. The fraction of sp³-hybridized carbons (Fsp3) is 0.483. The number of hydrogen-bond donors (Lipinski definition) is 1. The number of hydrogen-bond acceptors (Lipinski definition) is 5. The second-order valence-electron chi connectivity index (χ2n) is 11.6. The monoisotopic (exact) mass is 554 g/mol. The number of pyridine rings is 1. The highest BCUT2D eigenvalue weighted by Crippen LogP contribution is 2.46. The quantitative estimate of drug-likeness (QED) is 0.379. The van der Waals surface area contributed by atoms with E-state index in [9.17, 15) is 23.1 Å². The zero-order valence-electron chi connectivity index (χ0n) is 22.6. The summed E-state index contributed by atoms with van der Waals surface area (Å²) in [6.07, 6.45) is 3.93. The summed E-state index contributed by atoms with van der Waals surface area (Å²) in [5, 5.41) is 19.6. The number of fused-ring (bicyclic) bond motifs is 1. The lowest BCUT2D eigenvalue weighted by Gasteiger charge is -2.43. The lowest BCUT2D eigenvalue weighted by atomic mass is 9.68. The van der Waals surface area contributed by atoms with Gasteiger partial charge in [-0.05, 0) is 73.9 Å². The van der Waals surface area contributed by atoms with Gasteiger partial charge in [-0.3, -0.25) is 13.9 Å². The molecule has 6 rings (SSSR count). The van der Waals surface area contributed by atoms with E-state index >= 15 is 0 Å². The van der Waals surface area contributed by atoms with Crippen molar-refractivity contribution < 1.29 is 18.3 Å². The van der Waals surface area contributed by atoms with Gasteiger partial charge >= 0.3 is 11.9 Å². The molecule has 8 nitrogen and oxygen atoms in total. The minimum Gasteiger partial charge on any atom is -0.389 e. The van der Waals surface area contributed by atoms with E-state index in [1.54, 1.807) is 36.1 Å². The minimum atomic E-state index is -4.62. The molecule has 1 aliphatic heterocycles. The molecule has 2 fully saturated rings. The SMILES string of the molecule is C[C@H]1CCCN(Cc2cc(C(F)(F)F)c3cn(-c4cccc([C@H](c5nncn5C)C5(O)CCC5)c4)c(=O)n3c2)C1. The maximum absolute atomic E-state index is 14.2. The summed E-state index contributed by atoms with van der Waals surface area (Å²) in [6.45, 7) is 4.15. The average Bonchev–Trinajstić information content (AvgIpc) is 3.45. The third-order valence-corrected chi connectivity index (χ3v) is 8.52. The van der Waals surface area contributed by atoms with Gasteiger partial charge in [-0.2, -0.15) is 13.2 Å². The molecule has 4 aromatic rings. The summed E-state index contributed by atoms with van der Waals surface area (Å²) in [5.74, 6) is 0.578. The second kappa shape index (κ2) is 9.88. The number of aryl methyl sites for hydroxylation is 1. The molecule has 1 aromatic carbocycles. The van der Waals surface area contributed by atoms with Gasteiger partial charge in [0, 0.05) is 32.5 Å². The Balaban J connectivity index is 1.44. The Labute approximate surface area is 229 Å². The first-order chi connectivity index (χ1) is 19.0. The van der Waals surface area contributed by atoms with Crippen LogP contribution >= 0.6 is 0 Å². The predicted molar refractivity (Wildman–Crippen MR) is 143 cm³/mol. The summed E-state index contributed by atoms with van der Waals surface area (Å²) < 4.78 is 46.8.